The first-order chi connectivity index (χ1) is 8.66. The molecule has 3 nitrogen and oxygen atoms in total. The molecule has 3 heteroatoms. The Morgan fingerprint density at radius 2 is 2.06 bits per heavy atom. The molecule has 1 aromatic carbocycles. The number of aromatic nitrogens is 2. The third-order valence-electron chi connectivity index (χ3n) is 3.61. The average Bonchev–Trinajstić information content (AvgIpc) is 3.10. The first kappa shape index (κ1) is 11.2. The van der Waals surface area contributed by atoms with Gasteiger partial charge in [-0.1, -0.05) is 30.3 Å². The molecule has 0 radical (unpaired) electrons. The summed E-state index contributed by atoms with van der Waals surface area (Å²) < 4.78 is 1.69. The van der Waals surface area contributed by atoms with Gasteiger partial charge < -0.3 is 0 Å². The van der Waals surface area contributed by atoms with E-state index in [1.54, 1.807) is 4.68 Å². The molecule has 2 atom stereocenters. The van der Waals surface area contributed by atoms with Crippen molar-refractivity contribution in [3.05, 3.63) is 53.3 Å². The van der Waals surface area contributed by atoms with Crippen LogP contribution in [0, 0.1) is 12.8 Å². The maximum atomic E-state index is 12.4. The van der Waals surface area contributed by atoms with Crippen molar-refractivity contribution in [1.29, 1.82) is 0 Å². The van der Waals surface area contributed by atoms with Crippen molar-refractivity contribution < 1.29 is 4.79 Å². The Balaban J connectivity index is 1.79. The third-order valence-corrected chi connectivity index (χ3v) is 3.61. The van der Waals surface area contributed by atoms with Crippen molar-refractivity contribution in [2.45, 2.75) is 19.3 Å². The normalized spacial score (nSPS) is 21.9. The molecule has 1 aliphatic rings. The lowest BCUT2D eigenvalue weighted by atomic mass is 10.1. The number of carbonyl (C=O) groups excluding carboxylic acids is 1. The fraction of sp³-hybridized carbons (Fsp3) is 0.333. The molecule has 1 fully saturated rings. The summed E-state index contributed by atoms with van der Waals surface area (Å²) in [5, 5.41) is 4.24. The van der Waals surface area contributed by atoms with E-state index < -0.39 is 0 Å². The molecule has 0 spiro atoms. The molecule has 1 aliphatic carbocycles. The van der Waals surface area contributed by atoms with Crippen LogP contribution in [0.3, 0.4) is 0 Å². The van der Waals surface area contributed by atoms with Crippen LogP contribution in [-0.4, -0.2) is 15.6 Å². The molecule has 0 N–H and O–H groups in total. The summed E-state index contributed by atoms with van der Waals surface area (Å²) in [4.78, 5) is 12.4. The highest BCUT2D eigenvalue weighted by atomic mass is 16.1. The SMILES string of the molecule is Cc1cc(C(=O)C2CC2c2ccccc2)n(C)n1. The molecule has 92 valence electrons. The number of rotatable bonds is 3. The second kappa shape index (κ2) is 4.09. The minimum Gasteiger partial charge on any atom is -0.292 e. The number of nitrogens with zero attached hydrogens (tertiary/aromatic N) is 2. The number of carbonyl (C=O) groups is 1. The van der Waals surface area contributed by atoms with Crippen LogP contribution < -0.4 is 0 Å². The van der Waals surface area contributed by atoms with Crippen LogP contribution in [0.5, 0.6) is 0 Å². The van der Waals surface area contributed by atoms with Crippen LogP contribution in [-0.2, 0) is 7.05 Å². The molecule has 0 saturated heterocycles. The summed E-state index contributed by atoms with van der Waals surface area (Å²) in [7, 11) is 1.83. The van der Waals surface area contributed by atoms with Crippen LogP contribution in [0.25, 0.3) is 0 Å². The molecule has 18 heavy (non-hydrogen) atoms. The number of Topliss-reactive ketones (excluding diaryl/α,β-unsaturated/α-hetero) is 1. The lowest BCUT2D eigenvalue weighted by molar-refractivity contribution is 0.0956. The Morgan fingerprint density at radius 1 is 1.33 bits per heavy atom. The number of hydrogen-bond donors (Lipinski definition) is 0. The number of aryl methyl sites for hydroxylation is 2. The lowest BCUT2D eigenvalue weighted by Gasteiger charge is -2.01. The minimum absolute atomic E-state index is 0.141. The van der Waals surface area contributed by atoms with Crippen LogP contribution >= 0.6 is 0 Å². The van der Waals surface area contributed by atoms with Gasteiger partial charge in [0.1, 0.15) is 5.69 Å². The molecule has 1 heterocycles. The molecule has 0 aliphatic heterocycles. The summed E-state index contributed by atoms with van der Waals surface area (Å²) in [5.74, 6) is 0.767. The Bertz CT molecular complexity index is 586. The first-order valence-corrected chi connectivity index (χ1v) is 6.26. The van der Waals surface area contributed by atoms with Gasteiger partial charge in [-0.15, -0.1) is 0 Å². The summed E-state index contributed by atoms with van der Waals surface area (Å²) in [6.45, 7) is 1.92. The summed E-state index contributed by atoms with van der Waals surface area (Å²) in [6.07, 6.45) is 0.965. The van der Waals surface area contributed by atoms with E-state index in [-0.39, 0.29) is 11.7 Å². The highest BCUT2D eigenvalue weighted by molar-refractivity contribution is 5.99. The second-order valence-corrected chi connectivity index (χ2v) is 5.02. The number of hydrogen-bond acceptors (Lipinski definition) is 2. The minimum atomic E-state index is 0.141. The molecule has 0 amide bonds. The maximum Gasteiger partial charge on any atom is 0.184 e. The Labute approximate surface area is 106 Å². The maximum absolute atomic E-state index is 12.4. The van der Waals surface area contributed by atoms with Gasteiger partial charge in [0.15, 0.2) is 5.78 Å². The van der Waals surface area contributed by atoms with E-state index in [2.05, 4.69) is 17.2 Å². The second-order valence-electron chi connectivity index (χ2n) is 5.02. The Hall–Kier alpha value is -1.90. The summed E-state index contributed by atoms with van der Waals surface area (Å²) in [5.41, 5.74) is 2.91. The van der Waals surface area contributed by atoms with E-state index in [0.29, 0.717) is 5.92 Å². The van der Waals surface area contributed by atoms with Gasteiger partial charge in [-0.25, -0.2) is 0 Å². The predicted molar refractivity (Wildman–Crippen MR) is 69.6 cm³/mol. The predicted octanol–water partition coefficient (Wildman–Crippen LogP) is 2.71. The smallest absolute Gasteiger partial charge is 0.184 e. The van der Waals surface area contributed by atoms with Gasteiger partial charge in [-0.2, -0.15) is 5.10 Å². The lowest BCUT2D eigenvalue weighted by Crippen LogP contribution is -2.09. The van der Waals surface area contributed by atoms with Crippen molar-refractivity contribution in [2.75, 3.05) is 0 Å². The van der Waals surface area contributed by atoms with E-state index in [1.165, 1.54) is 5.56 Å². The molecular weight excluding hydrogens is 224 g/mol. The fourth-order valence-electron chi connectivity index (χ4n) is 2.58. The molecule has 0 bridgehead atoms. The van der Waals surface area contributed by atoms with Crippen molar-refractivity contribution in [3.63, 3.8) is 0 Å². The number of benzene rings is 1. The van der Waals surface area contributed by atoms with E-state index in [9.17, 15) is 4.79 Å². The van der Waals surface area contributed by atoms with Crippen molar-refractivity contribution in [3.8, 4) is 0 Å². The molecule has 1 saturated carbocycles. The van der Waals surface area contributed by atoms with Gasteiger partial charge in [0.25, 0.3) is 0 Å². The van der Waals surface area contributed by atoms with Crippen molar-refractivity contribution >= 4 is 5.78 Å². The van der Waals surface area contributed by atoms with E-state index >= 15 is 0 Å². The zero-order chi connectivity index (χ0) is 12.7. The number of ketones is 1. The van der Waals surface area contributed by atoms with E-state index in [0.717, 1.165) is 17.8 Å². The van der Waals surface area contributed by atoms with E-state index in [4.69, 9.17) is 0 Å². The molecule has 3 rings (SSSR count). The summed E-state index contributed by atoms with van der Waals surface area (Å²) >= 11 is 0. The van der Waals surface area contributed by atoms with Crippen molar-refractivity contribution in [2.24, 2.45) is 13.0 Å². The molecule has 2 unspecified atom stereocenters. The molecular formula is C15H16N2O. The first-order valence-electron chi connectivity index (χ1n) is 6.26. The monoisotopic (exact) mass is 240 g/mol. The summed E-state index contributed by atoms with van der Waals surface area (Å²) in [6, 6.07) is 12.2. The third kappa shape index (κ3) is 1.86. The molecule has 1 aromatic heterocycles. The van der Waals surface area contributed by atoms with Gasteiger partial charge in [-0.3, -0.25) is 9.48 Å². The fourth-order valence-corrected chi connectivity index (χ4v) is 2.58. The highest BCUT2D eigenvalue weighted by Crippen LogP contribution is 2.49. The van der Waals surface area contributed by atoms with Crippen LogP contribution in [0.15, 0.2) is 36.4 Å². The van der Waals surface area contributed by atoms with Crippen LogP contribution in [0.2, 0.25) is 0 Å². The van der Waals surface area contributed by atoms with Gasteiger partial charge in [-0.05, 0) is 30.9 Å². The molecule has 2 aromatic rings. The van der Waals surface area contributed by atoms with Gasteiger partial charge in [0.05, 0.1) is 5.69 Å². The topological polar surface area (TPSA) is 34.9 Å². The van der Waals surface area contributed by atoms with Gasteiger partial charge in [0.2, 0.25) is 0 Å². The largest absolute Gasteiger partial charge is 0.292 e. The average molecular weight is 240 g/mol. The highest BCUT2D eigenvalue weighted by Gasteiger charge is 2.44. The van der Waals surface area contributed by atoms with Gasteiger partial charge >= 0.3 is 0 Å². The Morgan fingerprint density at radius 3 is 2.67 bits per heavy atom. The van der Waals surface area contributed by atoms with Crippen LogP contribution in [0.4, 0.5) is 0 Å². The Kier molecular flexibility index (Phi) is 2.54. The van der Waals surface area contributed by atoms with E-state index in [1.807, 2.05) is 38.2 Å². The zero-order valence-electron chi connectivity index (χ0n) is 10.6. The van der Waals surface area contributed by atoms with Crippen molar-refractivity contribution in [1.82, 2.24) is 9.78 Å². The van der Waals surface area contributed by atoms with Gasteiger partial charge in [0, 0.05) is 13.0 Å². The standard InChI is InChI=1S/C15H16N2O/c1-10-8-14(17(2)16-10)15(18)13-9-12(13)11-6-4-3-5-7-11/h3-8,12-13H,9H2,1-2H3. The van der Waals surface area contributed by atoms with Crippen LogP contribution in [0.1, 0.15) is 34.1 Å². The zero-order valence-corrected chi connectivity index (χ0v) is 10.6. The quantitative estimate of drug-likeness (QED) is 0.773.